The maximum atomic E-state index is 14.1. The zero-order valence-corrected chi connectivity index (χ0v) is 11.1. The lowest BCUT2D eigenvalue weighted by Crippen LogP contribution is -2.37. The molecule has 4 N–H and O–H groups in total. The Hall–Kier alpha value is -1.62. The molecule has 2 rings (SSSR count). The fraction of sp³-hybridized carbons (Fsp3) is 0.500. The monoisotopic (exact) mass is 265 g/mol. The first kappa shape index (κ1) is 13.8. The van der Waals surface area contributed by atoms with Crippen LogP contribution in [0.1, 0.15) is 37.3 Å². The molecule has 1 aliphatic carbocycles. The first-order valence-electron chi connectivity index (χ1n) is 6.52. The molecule has 0 radical (unpaired) electrons. The molecule has 0 unspecified atom stereocenters. The van der Waals surface area contributed by atoms with E-state index in [1.165, 1.54) is 25.3 Å². The first-order valence-corrected chi connectivity index (χ1v) is 6.52. The number of hydrogen-bond donors (Lipinski definition) is 3. The van der Waals surface area contributed by atoms with Gasteiger partial charge in [-0.25, -0.2) is 4.39 Å². The summed E-state index contributed by atoms with van der Waals surface area (Å²) in [7, 11) is 0. The molecule has 104 valence electrons. The average Bonchev–Trinajstić information content (AvgIpc) is 2.38. The summed E-state index contributed by atoms with van der Waals surface area (Å²) in [5.41, 5.74) is 6.46. The van der Waals surface area contributed by atoms with Gasteiger partial charge >= 0.3 is 0 Å². The Morgan fingerprint density at radius 2 is 2.26 bits per heavy atom. The molecule has 1 saturated carbocycles. The largest absolute Gasteiger partial charge is 0.409 e. The molecule has 1 aromatic rings. The predicted octanol–water partition coefficient (Wildman–Crippen LogP) is 2.20. The molecule has 1 fully saturated rings. The lowest BCUT2D eigenvalue weighted by Gasteiger charge is -2.38. The summed E-state index contributed by atoms with van der Waals surface area (Å²) in [6, 6.07) is 4.92. The van der Waals surface area contributed by atoms with Gasteiger partial charge in [0, 0.05) is 18.7 Å². The molecule has 0 heterocycles. The summed E-state index contributed by atoms with van der Waals surface area (Å²) in [5.74, 6) is -0.630. The number of oxime groups is 1. The highest BCUT2D eigenvalue weighted by molar-refractivity contribution is 5.97. The molecular formula is C14H20FN3O. The van der Waals surface area contributed by atoms with Crippen LogP contribution in [0.2, 0.25) is 0 Å². The van der Waals surface area contributed by atoms with E-state index in [9.17, 15) is 4.39 Å². The number of nitrogens with two attached hydrogens (primary N) is 1. The number of benzene rings is 1. The SMILES string of the molecule is CC1(CNCc2cccc(/C(N)=N/O)c2F)CCC1. The van der Waals surface area contributed by atoms with E-state index in [-0.39, 0.29) is 11.4 Å². The Morgan fingerprint density at radius 3 is 2.84 bits per heavy atom. The number of hydrogen-bond acceptors (Lipinski definition) is 3. The van der Waals surface area contributed by atoms with Gasteiger partial charge in [-0.2, -0.15) is 0 Å². The lowest BCUT2D eigenvalue weighted by atomic mass is 9.70. The fourth-order valence-electron chi connectivity index (χ4n) is 2.42. The standard InChI is InChI=1S/C14H20FN3O/c1-14(6-3-7-14)9-17-8-10-4-2-5-11(12(10)15)13(16)18-19/h2,4-5,17,19H,3,6-9H2,1H3,(H2,16,18). The number of amidine groups is 1. The Kier molecular flexibility index (Phi) is 4.04. The van der Waals surface area contributed by atoms with Crippen LogP contribution in [0, 0.1) is 11.2 Å². The zero-order chi connectivity index (χ0) is 13.9. The van der Waals surface area contributed by atoms with E-state index in [0.29, 0.717) is 17.5 Å². The van der Waals surface area contributed by atoms with Crippen LogP contribution in [0.15, 0.2) is 23.4 Å². The van der Waals surface area contributed by atoms with Crippen LogP contribution >= 0.6 is 0 Å². The van der Waals surface area contributed by atoms with Gasteiger partial charge in [0.05, 0.1) is 5.56 Å². The summed E-state index contributed by atoms with van der Waals surface area (Å²) < 4.78 is 14.1. The van der Waals surface area contributed by atoms with Crippen LogP contribution in [0.25, 0.3) is 0 Å². The third-order valence-corrected chi connectivity index (χ3v) is 3.89. The van der Waals surface area contributed by atoms with Crippen molar-refractivity contribution in [2.45, 2.75) is 32.7 Å². The van der Waals surface area contributed by atoms with Crippen molar-refractivity contribution in [3.63, 3.8) is 0 Å². The smallest absolute Gasteiger partial charge is 0.173 e. The van der Waals surface area contributed by atoms with Gasteiger partial charge in [-0.05, 0) is 24.3 Å². The van der Waals surface area contributed by atoms with Crippen molar-refractivity contribution in [3.8, 4) is 0 Å². The highest BCUT2D eigenvalue weighted by atomic mass is 19.1. The first-order chi connectivity index (χ1) is 9.06. The molecule has 0 amide bonds. The van der Waals surface area contributed by atoms with Crippen molar-refractivity contribution < 1.29 is 9.60 Å². The molecule has 0 aliphatic heterocycles. The van der Waals surface area contributed by atoms with Crippen LogP contribution in [0.3, 0.4) is 0 Å². The number of nitrogens with one attached hydrogen (secondary N) is 1. The summed E-state index contributed by atoms with van der Waals surface area (Å²) in [5, 5.41) is 14.7. The van der Waals surface area contributed by atoms with E-state index in [2.05, 4.69) is 17.4 Å². The van der Waals surface area contributed by atoms with Crippen molar-refractivity contribution in [2.75, 3.05) is 6.54 Å². The Balaban J connectivity index is 2.00. The third-order valence-electron chi connectivity index (χ3n) is 3.89. The molecule has 1 aromatic carbocycles. The van der Waals surface area contributed by atoms with E-state index in [1.807, 2.05) is 0 Å². The van der Waals surface area contributed by atoms with Gasteiger partial charge in [0.25, 0.3) is 0 Å². The Morgan fingerprint density at radius 1 is 1.53 bits per heavy atom. The molecule has 0 atom stereocenters. The normalized spacial score (nSPS) is 18.1. The molecule has 19 heavy (non-hydrogen) atoms. The van der Waals surface area contributed by atoms with E-state index in [4.69, 9.17) is 10.9 Å². The minimum atomic E-state index is -0.427. The van der Waals surface area contributed by atoms with E-state index in [0.717, 1.165) is 6.54 Å². The van der Waals surface area contributed by atoms with Gasteiger partial charge in [-0.3, -0.25) is 0 Å². The molecule has 0 spiro atoms. The zero-order valence-electron chi connectivity index (χ0n) is 11.1. The fourth-order valence-corrected chi connectivity index (χ4v) is 2.42. The summed E-state index contributed by atoms with van der Waals surface area (Å²) in [6.07, 6.45) is 3.74. The average molecular weight is 265 g/mol. The van der Waals surface area contributed by atoms with Crippen molar-refractivity contribution in [2.24, 2.45) is 16.3 Å². The van der Waals surface area contributed by atoms with Crippen LogP contribution in [-0.4, -0.2) is 17.6 Å². The lowest BCUT2D eigenvalue weighted by molar-refractivity contribution is 0.156. The van der Waals surface area contributed by atoms with Crippen molar-refractivity contribution in [1.82, 2.24) is 5.32 Å². The number of rotatable bonds is 5. The predicted molar refractivity (Wildman–Crippen MR) is 72.6 cm³/mol. The van der Waals surface area contributed by atoms with Crippen LogP contribution in [-0.2, 0) is 6.54 Å². The van der Waals surface area contributed by atoms with Crippen molar-refractivity contribution in [3.05, 3.63) is 35.1 Å². The topological polar surface area (TPSA) is 70.6 Å². The summed E-state index contributed by atoms with van der Waals surface area (Å²) in [6.45, 7) is 3.58. The molecule has 4 nitrogen and oxygen atoms in total. The van der Waals surface area contributed by atoms with Crippen molar-refractivity contribution >= 4 is 5.84 Å². The molecule has 1 aliphatic rings. The molecule has 0 saturated heterocycles. The second kappa shape index (κ2) is 5.57. The minimum absolute atomic E-state index is 0.136. The van der Waals surface area contributed by atoms with E-state index < -0.39 is 5.82 Å². The number of halogens is 1. The number of nitrogens with zero attached hydrogens (tertiary/aromatic N) is 1. The van der Waals surface area contributed by atoms with Gasteiger partial charge in [0.2, 0.25) is 0 Å². The van der Waals surface area contributed by atoms with Gasteiger partial charge in [-0.1, -0.05) is 30.6 Å². The molecule has 0 bridgehead atoms. The highest BCUT2D eigenvalue weighted by Gasteiger charge is 2.30. The van der Waals surface area contributed by atoms with E-state index >= 15 is 0 Å². The van der Waals surface area contributed by atoms with Gasteiger partial charge in [-0.15, -0.1) is 0 Å². The van der Waals surface area contributed by atoms with Crippen molar-refractivity contribution in [1.29, 1.82) is 0 Å². The summed E-state index contributed by atoms with van der Waals surface area (Å²) in [4.78, 5) is 0. The Bertz CT molecular complexity index is 484. The van der Waals surface area contributed by atoms with Crippen LogP contribution in [0.5, 0.6) is 0 Å². The summed E-state index contributed by atoms with van der Waals surface area (Å²) >= 11 is 0. The second-order valence-corrected chi connectivity index (χ2v) is 5.53. The van der Waals surface area contributed by atoms with Gasteiger partial charge < -0.3 is 16.3 Å². The molecular weight excluding hydrogens is 245 g/mol. The Labute approximate surface area is 112 Å². The van der Waals surface area contributed by atoms with Crippen LogP contribution < -0.4 is 11.1 Å². The van der Waals surface area contributed by atoms with E-state index in [1.54, 1.807) is 12.1 Å². The molecule has 5 heteroatoms. The maximum Gasteiger partial charge on any atom is 0.173 e. The molecule has 0 aromatic heterocycles. The van der Waals surface area contributed by atoms with Gasteiger partial charge in [0.1, 0.15) is 5.82 Å². The van der Waals surface area contributed by atoms with Gasteiger partial charge in [0.15, 0.2) is 5.84 Å². The third kappa shape index (κ3) is 3.04. The maximum absolute atomic E-state index is 14.1. The minimum Gasteiger partial charge on any atom is -0.409 e. The van der Waals surface area contributed by atoms with Crippen LogP contribution in [0.4, 0.5) is 4.39 Å². The highest BCUT2D eigenvalue weighted by Crippen LogP contribution is 2.39. The second-order valence-electron chi connectivity index (χ2n) is 5.53. The quantitative estimate of drug-likeness (QED) is 0.331.